The Hall–Kier alpha value is 0.600. The Balaban J connectivity index is 0.000000500. The number of hydrogen-bond acceptors (Lipinski definition) is 2. The van der Waals surface area contributed by atoms with Crippen molar-refractivity contribution in [1.82, 2.24) is 5.32 Å². The summed E-state index contributed by atoms with van der Waals surface area (Å²) >= 11 is 2.14. The van der Waals surface area contributed by atoms with Crippen molar-refractivity contribution in [2.45, 2.75) is 30.6 Å². The lowest BCUT2D eigenvalue weighted by molar-refractivity contribution is 0.518. The zero-order valence-corrected chi connectivity index (χ0v) is 7.69. The molecule has 1 saturated heterocycles. The van der Waals surface area contributed by atoms with Crippen LogP contribution in [-0.2, 0) is 0 Å². The number of halogens is 1. The van der Waals surface area contributed by atoms with Crippen molar-refractivity contribution in [3.05, 3.63) is 0 Å². The molecule has 1 nitrogen and oxygen atoms in total. The highest BCUT2D eigenvalue weighted by Gasteiger charge is 2.36. The third-order valence-electron chi connectivity index (χ3n) is 2.34. The lowest BCUT2D eigenvalue weighted by Crippen LogP contribution is -2.33. The Kier molecular flexibility index (Phi) is 2.90. The van der Waals surface area contributed by atoms with E-state index in [-0.39, 0.29) is 12.4 Å². The van der Waals surface area contributed by atoms with E-state index < -0.39 is 0 Å². The highest BCUT2D eigenvalue weighted by Crippen LogP contribution is 2.41. The van der Waals surface area contributed by atoms with Crippen LogP contribution in [0, 0.1) is 0 Å². The second kappa shape index (κ2) is 3.33. The van der Waals surface area contributed by atoms with E-state index in [9.17, 15) is 0 Å². The van der Waals surface area contributed by atoms with E-state index in [1.54, 1.807) is 0 Å². The average Bonchev–Trinajstić information content (AvgIpc) is 2.45. The highest BCUT2D eigenvalue weighted by molar-refractivity contribution is 8.00. The third kappa shape index (κ3) is 1.44. The van der Waals surface area contributed by atoms with Crippen LogP contribution in [0.1, 0.15) is 25.7 Å². The van der Waals surface area contributed by atoms with Crippen LogP contribution in [0.3, 0.4) is 0 Å². The van der Waals surface area contributed by atoms with Gasteiger partial charge in [-0.1, -0.05) is 12.8 Å². The second-order valence-electron chi connectivity index (χ2n) is 2.98. The summed E-state index contributed by atoms with van der Waals surface area (Å²) in [5.41, 5.74) is 0. The fourth-order valence-electron chi connectivity index (χ4n) is 1.84. The summed E-state index contributed by atoms with van der Waals surface area (Å²) in [6.07, 6.45) is 5.72. The van der Waals surface area contributed by atoms with E-state index in [1.165, 1.54) is 38.0 Å². The molecule has 0 unspecified atom stereocenters. The minimum absolute atomic E-state index is 0. The largest absolute Gasteiger partial charge is 0.302 e. The van der Waals surface area contributed by atoms with Gasteiger partial charge in [0, 0.05) is 12.3 Å². The maximum atomic E-state index is 3.59. The fraction of sp³-hybridized carbons (Fsp3) is 1.00. The van der Waals surface area contributed by atoms with Gasteiger partial charge in [0.15, 0.2) is 0 Å². The molecule has 1 heterocycles. The number of nitrogens with one attached hydrogen (secondary N) is 1. The van der Waals surface area contributed by atoms with Gasteiger partial charge >= 0.3 is 0 Å². The zero-order chi connectivity index (χ0) is 6.16. The van der Waals surface area contributed by atoms with Crippen molar-refractivity contribution in [3.63, 3.8) is 0 Å². The van der Waals surface area contributed by atoms with Gasteiger partial charge in [-0.05, 0) is 12.8 Å². The molecule has 2 aliphatic rings. The minimum atomic E-state index is 0. The van der Waals surface area contributed by atoms with Gasteiger partial charge in [0.1, 0.15) is 0 Å². The van der Waals surface area contributed by atoms with E-state index in [2.05, 4.69) is 17.1 Å². The Morgan fingerprint density at radius 3 is 2.40 bits per heavy atom. The van der Waals surface area contributed by atoms with Crippen LogP contribution in [0.25, 0.3) is 0 Å². The first kappa shape index (κ1) is 8.69. The Labute approximate surface area is 72.7 Å². The first-order valence-corrected chi connectivity index (χ1v) is 4.79. The molecule has 1 aliphatic carbocycles. The minimum Gasteiger partial charge on any atom is -0.302 e. The van der Waals surface area contributed by atoms with Crippen molar-refractivity contribution in [1.29, 1.82) is 0 Å². The van der Waals surface area contributed by atoms with E-state index in [0.717, 1.165) is 0 Å². The Morgan fingerprint density at radius 2 is 1.90 bits per heavy atom. The molecule has 2 rings (SSSR count). The number of rotatable bonds is 0. The number of hydrogen-bond donors (Lipinski definition) is 1. The Morgan fingerprint density at radius 1 is 1.20 bits per heavy atom. The molecule has 60 valence electrons. The van der Waals surface area contributed by atoms with E-state index in [1.807, 2.05) is 0 Å². The van der Waals surface area contributed by atoms with E-state index in [0.29, 0.717) is 4.87 Å². The van der Waals surface area contributed by atoms with Crippen LogP contribution < -0.4 is 5.32 Å². The third-order valence-corrected chi connectivity index (χ3v) is 3.85. The van der Waals surface area contributed by atoms with Crippen LogP contribution in [0.2, 0.25) is 0 Å². The summed E-state index contributed by atoms with van der Waals surface area (Å²) < 4.78 is 0. The topological polar surface area (TPSA) is 12.0 Å². The standard InChI is InChI=1S/C7H13NS.ClH/c1-2-4-7(3-1)8-5-6-9-7;/h8H,1-6H2;1H. The van der Waals surface area contributed by atoms with Crippen molar-refractivity contribution in [3.8, 4) is 0 Å². The molecule has 0 aromatic heterocycles. The van der Waals surface area contributed by atoms with Gasteiger partial charge in [0.25, 0.3) is 0 Å². The maximum absolute atomic E-state index is 3.59. The van der Waals surface area contributed by atoms with Gasteiger partial charge in [0.05, 0.1) is 4.87 Å². The van der Waals surface area contributed by atoms with Gasteiger partial charge in [-0.3, -0.25) is 0 Å². The molecule has 0 amide bonds. The molecule has 0 atom stereocenters. The summed E-state index contributed by atoms with van der Waals surface area (Å²) in [7, 11) is 0. The van der Waals surface area contributed by atoms with Crippen molar-refractivity contribution < 1.29 is 0 Å². The van der Waals surface area contributed by atoms with Gasteiger partial charge in [-0.2, -0.15) is 0 Å². The summed E-state index contributed by atoms with van der Waals surface area (Å²) in [4.78, 5) is 0.556. The molecule has 0 aromatic carbocycles. The van der Waals surface area contributed by atoms with Crippen LogP contribution in [0.5, 0.6) is 0 Å². The predicted octanol–water partition coefficient (Wildman–Crippen LogP) is 2.01. The zero-order valence-electron chi connectivity index (χ0n) is 6.06. The van der Waals surface area contributed by atoms with Crippen LogP contribution in [0.15, 0.2) is 0 Å². The highest BCUT2D eigenvalue weighted by atomic mass is 35.5. The molecule has 0 bridgehead atoms. The lowest BCUT2D eigenvalue weighted by Gasteiger charge is -2.21. The summed E-state index contributed by atoms with van der Waals surface area (Å²) in [5, 5.41) is 3.59. The second-order valence-corrected chi connectivity index (χ2v) is 4.46. The van der Waals surface area contributed by atoms with Crippen molar-refractivity contribution in [2.75, 3.05) is 12.3 Å². The van der Waals surface area contributed by atoms with Crippen LogP contribution in [-0.4, -0.2) is 17.2 Å². The molecule has 1 N–H and O–H groups in total. The van der Waals surface area contributed by atoms with Crippen molar-refractivity contribution in [2.24, 2.45) is 0 Å². The summed E-state index contributed by atoms with van der Waals surface area (Å²) in [5.74, 6) is 1.33. The molecule has 10 heavy (non-hydrogen) atoms. The molecule has 0 radical (unpaired) electrons. The van der Waals surface area contributed by atoms with Gasteiger partial charge < -0.3 is 5.32 Å². The average molecular weight is 180 g/mol. The normalized spacial score (nSPS) is 28.8. The first-order valence-electron chi connectivity index (χ1n) is 3.80. The molecular formula is C7H14ClNS. The van der Waals surface area contributed by atoms with Gasteiger partial charge in [-0.15, -0.1) is 24.2 Å². The quantitative estimate of drug-likeness (QED) is 0.611. The monoisotopic (exact) mass is 179 g/mol. The molecule has 1 aliphatic heterocycles. The molecule has 3 heteroatoms. The molecule has 1 spiro atoms. The summed E-state index contributed by atoms with van der Waals surface area (Å²) in [6, 6.07) is 0. The van der Waals surface area contributed by atoms with Crippen LogP contribution >= 0.6 is 24.2 Å². The molecule has 2 fully saturated rings. The van der Waals surface area contributed by atoms with Crippen LogP contribution in [0.4, 0.5) is 0 Å². The maximum Gasteiger partial charge on any atom is 0.0645 e. The lowest BCUT2D eigenvalue weighted by atomic mass is 10.2. The SMILES string of the molecule is C1CCC2(C1)NCCS2.Cl. The van der Waals surface area contributed by atoms with Gasteiger partial charge in [-0.25, -0.2) is 0 Å². The van der Waals surface area contributed by atoms with E-state index >= 15 is 0 Å². The predicted molar refractivity (Wildman–Crippen MR) is 48.9 cm³/mol. The smallest absolute Gasteiger partial charge is 0.0645 e. The molecule has 0 aromatic rings. The first-order chi connectivity index (χ1) is 4.41. The number of thioether (sulfide) groups is 1. The molecular weight excluding hydrogens is 166 g/mol. The van der Waals surface area contributed by atoms with Crippen molar-refractivity contribution >= 4 is 24.2 Å². The summed E-state index contributed by atoms with van der Waals surface area (Å²) in [6.45, 7) is 1.24. The van der Waals surface area contributed by atoms with E-state index in [4.69, 9.17) is 0 Å². The Bertz CT molecular complexity index is 88.7. The molecule has 1 saturated carbocycles. The fourth-order valence-corrected chi connectivity index (χ4v) is 3.22. The van der Waals surface area contributed by atoms with Gasteiger partial charge in [0.2, 0.25) is 0 Å².